The molecule has 4 rings (SSSR count). The second-order valence-corrected chi connectivity index (χ2v) is 10.8. The summed E-state index contributed by atoms with van der Waals surface area (Å²) in [4.78, 5) is 12.9. The van der Waals surface area contributed by atoms with Crippen molar-refractivity contribution in [3.05, 3.63) is 41.0 Å². The van der Waals surface area contributed by atoms with Gasteiger partial charge in [-0.15, -0.1) is 0 Å². The van der Waals surface area contributed by atoms with Crippen LogP contribution in [0.15, 0.2) is 29.8 Å². The van der Waals surface area contributed by atoms with Gasteiger partial charge in [-0.25, -0.2) is 0 Å². The van der Waals surface area contributed by atoms with Crippen LogP contribution in [0.25, 0.3) is 0 Å². The van der Waals surface area contributed by atoms with E-state index in [4.69, 9.17) is 9.32 Å². The lowest BCUT2D eigenvalue weighted by Crippen LogP contribution is -2.44. The van der Waals surface area contributed by atoms with E-state index in [9.17, 15) is 13.2 Å². The van der Waals surface area contributed by atoms with Gasteiger partial charge in [0.25, 0.3) is 0 Å². The van der Waals surface area contributed by atoms with Gasteiger partial charge in [-0.2, -0.15) is 13.6 Å². The number of fused-ring (bicyclic) bond motifs is 5. The van der Waals surface area contributed by atoms with Crippen LogP contribution in [-0.4, -0.2) is 20.9 Å². The Morgan fingerprint density at radius 2 is 2.10 bits per heavy atom. The van der Waals surface area contributed by atoms with E-state index in [1.165, 1.54) is 5.56 Å². The summed E-state index contributed by atoms with van der Waals surface area (Å²) >= 11 is 0. The Bertz CT molecular complexity index is 987. The van der Waals surface area contributed by atoms with Gasteiger partial charge in [0, 0.05) is 17.5 Å². The number of rotatable bonds is 7. The fourth-order valence-electron chi connectivity index (χ4n) is 6.34. The molecule has 7 heteroatoms. The van der Waals surface area contributed by atoms with E-state index in [-0.39, 0.29) is 17.1 Å². The summed E-state index contributed by atoms with van der Waals surface area (Å²) in [5, 5.41) is 8.17. The van der Waals surface area contributed by atoms with Crippen LogP contribution in [0, 0.1) is 17.3 Å². The minimum absolute atomic E-state index is 0.0514. The maximum absolute atomic E-state index is 12.9. The van der Waals surface area contributed by atoms with Crippen molar-refractivity contribution in [2.75, 3.05) is 6.54 Å². The lowest BCUT2D eigenvalue weighted by molar-refractivity contribution is -0.119. The average molecular weight is 447 g/mol. The number of benzene rings is 1. The van der Waals surface area contributed by atoms with E-state index in [0.717, 1.165) is 69.0 Å². The standard InChI is InChI=1S/C24H34N2O4S/c1-3-4-5-14-26-23(27)22-11-10-21-20-8-6-16-15-17(30-31(25,28)29)7-9-18(16)19(20)12-13-24(21,22)2/h7,9,11,15,19-21H,3-6,8,10,12-14H2,1-2H3,(H,26,27)(H2,25,28,29)/t19?,20?,21?,24-/m0/s1. The first-order valence-electron chi connectivity index (χ1n) is 11.6. The van der Waals surface area contributed by atoms with Crippen molar-refractivity contribution < 1.29 is 17.4 Å². The minimum atomic E-state index is -4.02. The zero-order valence-electron chi connectivity index (χ0n) is 18.5. The van der Waals surface area contributed by atoms with Crippen LogP contribution in [0.3, 0.4) is 0 Å². The number of carbonyl (C=O) groups excluding carboxylic acids is 1. The van der Waals surface area contributed by atoms with Crippen LogP contribution in [0.4, 0.5) is 0 Å². The summed E-state index contributed by atoms with van der Waals surface area (Å²) in [7, 11) is -4.02. The highest BCUT2D eigenvalue weighted by molar-refractivity contribution is 7.84. The van der Waals surface area contributed by atoms with Crippen LogP contribution in [-0.2, 0) is 21.5 Å². The minimum Gasteiger partial charge on any atom is -0.371 e. The monoisotopic (exact) mass is 446 g/mol. The number of allylic oxidation sites excluding steroid dienone is 1. The number of carbonyl (C=O) groups is 1. The second-order valence-electron chi connectivity index (χ2n) is 9.62. The number of nitrogens with one attached hydrogen (secondary N) is 1. The molecule has 0 bridgehead atoms. The largest absolute Gasteiger partial charge is 0.380 e. The Labute approximate surface area is 185 Å². The zero-order chi connectivity index (χ0) is 22.2. The molecule has 3 aliphatic carbocycles. The van der Waals surface area contributed by atoms with E-state index in [0.29, 0.717) is 17.8 Å². The molecule has 4 atom stereocenters. The molecule has 1 aromatic rings. The van der Waals surface area contributed by atoms with Crippen LogP contribution >= 0.6 is 0 Å². The molecule has 0 saturated heterocycles. The van der Waals surface area contributed by atoms with E-state index in [1.54, 1.807) is 6.07 Å². The van der Waals surface area contributed by atoms with Gasteiger partial charge < -0.3 is 9.50 Å². The Morgan fingerprint density at radius 1 is 1.29 bits per heavy atom. The van der Waals surface area contributed by atoms with Crippen molar-refractivity contribution in [2.45, 2.75) is 71.1 Å². The zero-order valence-corrected chi connectivity index (χ0v) is 19.3. The molecule has 0 aromatic heterocycles. The molecule has 3 aliphatic rings. The van der Waals surface area contributed by atoms with Gasteiger partial charge in [-0.3, -0.25) is 4.79 Å². The van der Waals surface area contributed by atoms with E-state index in [2.05, 4.69) is 25.2 Å². The molecule has 1 amide bonds. The first-order valence-corrected chi connectivity index (χ1v) is 13.0. The third-order valence-corrected chi connectivity index (χ3v) is 8.23. The fourth-order valence-corrected chi connectivity index (χ4v) is 6.71. The highest BCUT2D eigenvalue weighted by atomic mass is 32.2. The maximum Gasteiger partial charge on any atom is 0.380 e. The van der Waals surface area contributed by atoms with Crippen molar-refractivity contribution >= 4 is 16.2 Å². The van der Waals surface area contributed by atoms with Gasteiger partial charge in [0.1, 0.15) is 5.75 Å². The molecule has 0 radical (unpaired) electrons. The number of hydrogen-bond donors (Lipinski definition) is 2. The molecule has 6 nitrogen and oxygen atoms in total. The molecular weight excluding hydrogens is 412 g/mol. The summed E-state index contributed by atoms with van der Waals surface area (Å²) in [6.45, 7) is 5.21. The Balaban J connectivity index is 1.48. The summed E-state index contributed by atoms with van der Waals surface area (Å²) < 4.78 is 27.4. The van der Waals surface area contributed by atoms with E-state index in [1.807, 2.05) is 12.1 Å². The molecule has 0 heterocycles. The first kappa shape index (κ1) is 22.3. The highest BCUT2D eigenvalue weighted by Crippen LogP contribution is 2.61. The summed E-state index contributed by atoms with van der Waals surface area (Å²) in [5.41, 5.74) is 3.41. The lowest BCUT2D eigenvalue weighted by atomic mass is 9.54. The van der Waals surface area contributed by atoms with Gasteiger partial charge in [0.2, 0.25) is 5.91 Å². The predicted molar refractivity (Wildman–Crippen MR) is 121 cm³/mol. The van der Waals surface area contributed by atoms with Gasteiger partial charge in [-0.05, 0) is 79.5 Å². The SMILES string of the molecule is CCCCCNC(=O)C1=CCC2C3CCc4cc(OS(N)(=O)=O)ccc4C3CC[C@]12C. The summed E-state index contributed by atoms with van der Waals surface area (Å²) in [6.07, 6.45) is 10.5. The quantitative estimate of drug-likeness (QED) is 0.619. The van der Waals surface area contributed by atoms with Crippen LogP contribution < -0.4 is 14.6 Å². The topological polar surface area (TPSA) is 98.5 Å². The second kappa shape index (κ2) is 8.58. The smallest absolute Gasteiger partial charge is 0.371 e. The molecule has 170 valence electrons. The fraction of sp³-hybridized carbons (Fsp3) is 0.625. The molecule has 1 fully saturated rings. The molecule has 3 N–H and O–H groups in total. The molecule has 31 heavy (non-hydrogen) atoms. The van der Waals surface area contributed by atoms with E-state index < -0.39 is 10.3 Å². The van der Waals surface area contributed by atoms with Crippen molar-refractivity contribution in [3.63, 3.8) is 0 Å². The highest BCUT2D eigenvalue weighted by Gasteiger charge is 2.53. The molecule has 0 aliphatic heterocycles. The Kier molecular flexibility index (Phi) is 6.19. The van der Waals surface area contributed by atoms with Crippen LogP contribution in [0.1, 0.15) is 75.8 Å². The van der Waals surface area contributed by atoms with Gasteiger partial charge in [0.15, 0.2) is 0 Å². The van der Waals surface area contributed by atoms with E-state index >= 15 is 0 Å². The number of unbranched alkanes of at least 4 members (excludes halogenated alkanes) is 2. The first-order chi connectivity index (χ1) is 14.7. The van der Waals surface area contributed by atoms with Gasteiger partial charge in [-0.1, -0.05) is 38.8 Å². The Hall–Kier alpha value is -1.86. The number of aryl methyl sites for hydroxylation is 1. The van der Waals surface area contributed by atoms with Crippen molar-refractivity contribution in [1.29, 1.82) is 0 Å². The number of nitrogens with two attached hydrogens (primary N) is 1. The molecular formula is C24H34N2O4S. The summed E-state index contributed by atoms with van der Waals surface area (Å²) in [5.74, 6) is 1.88. The molecule has 1 saturated carbocycles. The molecule has 3 unspecified atom stereocenters. The average Bonchev–Trinajstić information content (AvgIpc) is 3.07. The van der Waals surface area contributed by atoms with Crippen molar-refractivity contribution in [3.8, 4) is 5.75 Å². The van der Waals surface area contributed by atoms with Gasteiger partial charge in [0.05, 0.1) is 0 Å². The Morgan fingerprint density at radius 3 is 2.84 bits per heavy atom. The number of amides is 1. The molecule has 0 spiro atoms. The van der Waals surface area contributed by atoms with Crippen LogP contribution in [0.5, 0.6) is 5.75 Å². The third kappa shape index (κ3) is 4.40. The summed E-state index contributed by atoms with van der Waals surface area (Å²) in [6, 6.07) is 5.55. The number of hydrogen-bond acceptors (Lipinski definition) is 4. The third-order valence-electron chi connectivity index (χ3n) is 7.80. The van der Waals surface area contributed by atoms with Crippen molar-refractivity contribution in [2.24, 2.45) is 22.4 Å². The molecule has 1 aromatic carbocycles. The maximum atomic E-state index is 12.9. The van der Waals surface area contributed by atoms with Crippen LogP contribution in [0.2, 0.25) is 0 Å². The predicted octanol–water partition coefficient (Wildman–Crippen LogP) is 3.97. The lowest BCUT2D eigenvalue weighted by Gasteiger charge is -2.50. The van der Waals surface area contributed by atoms with Crippen molar-refractivity contribution in [1.82, 2.24) is 5.32 Å². The normalized spacial score (nSPS) is 29.4. The van der Waals surface area contributed by atoms with Gasteiger partial charge >= 0.3 is 10.3 Å².